The first kappa shape index (κ1) is 13.3. The lowest BCUT2D eigenvalue weighted by molar-refractivity contribution is 0.397. The predicted octanol–water partition coefficient (Wildman–Crippen LogP) is 2.12. The van der Waals surface area contributed by atoms with Gasteiger partial charge in [0, 0.05) is 18.7 Å². The Bertz CT molecular complexity index is 527. The quantitative estimate of drug-likeness (QED) is 0.859. The van der Waals surface area contributed by atoms with Gasteiger partial charge >= 0.3 is 0 Å². The number of anilines is 1. The number of rotatable bonds is 5. The van der Waals surface area contributed by atoms with E-state index < -0.39 is 0 Å². The molecule has 2 rings (SSSR count). The molecule has 0 aliphatic rings. The summed E-state index contributed by atoms with van der Waals surface area (Å²) in [6, 6.07) is 10.1. The Hall–Kier alpha value is -2.14. The summed E-state index contributed by atoms with van der Waals surface area (Å²) in [5.74, 6) is 1.28. The number of hydrogen-bond donors (Lipinski definition) is 2. The van der Waals surface area contributed by atoms with Crippen molar-refractivity contribution < 1.29 is 4.74 Å². The van der Waals surface area contributed by atoms with E-state index in [2.05, 4.69) is 34.3 Å². The van der Waals surface area contributed by atoms with Gasteiger partial charge in [-0.15, -0.1) is 0 Å². The normalized spacial score (nSPS) is 11.9. The molecule has 0 fully saturated rings. The molecule has 1 aromatic carbocycles. The van der Waals surface area contributed by atoms with Gasteiger partial charge in [0.1, 0.15) is 12.1 Å². The van der Waals surface area contributed by atoms with Gasteiger partial charge in [-0.3, -0.25) is 0 Å². The first-order valence-electron chi connectivity index (χ1n) is 6.14. The molecule has 0 amide bonds. The van der Waals surface area contributed by atoms with Crippen LogP contribution in [0.25, 0.3) is 0 Å². The molecule has 100 valence electrons. The average Bonchev–Trinajstić information content (AvgIpc) is 2.47. The molecule has 1 atom stereocenters. The second-order valence-electron chi connectivity index (χ2n) is 4.26. The molecule has 5 heteroatoms. The third-order valence-corrected chi connectivity index (χ3v) is 2.93. The van der Waals surface area contributed by atoms with Crippen LogP contribution in [0, 0.1) is 0 Å². The second-order valence-corrected chi connectivity index (χ2v) is 4.26. The Labute approximate surface area is 112 Å². The van der Waals surface area contributed by atoms with Crippen molar-refractivity contribution in [2.45, 2.75) is 19.5 Å². The molecule has 0 bridgehead atoms. The van der Waals surface area contributed by atoms with Gasteiger partial charge in [-0.1, -0.05) is 24.3 Å². The lowest BCUT2D eigenvalue weighted by Crippen LogP contribution is -2.08. The van der Waals surface area contributed by atoms with Crippen molar-refractivity contribution in [3.05, 3.63) is 47.8 Å². The Kier molecular flexibility index (Phi) is 4.30. The number of nitrogens with two attached hydrogens (primary N) is 1. The van der Waals surface area contributed by atoms with Gasteiger partial charge in [-0.2, -0.15) is 0 Å². The number of hydrogen-bond acceptors (Lipinski definition) is 5. The molecular weight excluding hydrogens is 240 g/mol. The van der Waals surface area contributed by atoms with Gasteiger partial charge in [0.2, 0.25) is 5.88 Å². The van der Waals surface area contributed by atoms with Crippen LogP contribution in [0.2, 0.25) is 0 Å². The highest BCUT2D eigenvalue weighted by molar-refractivity contribution is 5.40. The van der Waals surface area contributed by atoms with Crippen LogP contribution in [0.15, 0.2) is 36.7 Å². The smallest absolute Gasteiger partial charge is 0.218 e. The molecule has 1 aromatic heterocycles. The third kappa shape index (κ3) is 3.42. The molecule has 0 saturated carbocycles. The number of ether oxygens (including phenoxy) is 1. The van der Waals surface area contributed by atoms with E-state index in [9.17, 15) is 0 Å². The van der Waals surface area contributed by atoms with Crippen LogP contribution in [0.3, 0.4) is 0 Å². The second kappa shape index (κ2) is 6.15. The first-order chi connectivity index (χ1) is 9.22. The maximum atomic E-state index is 5.59. The molecule has 2 aromatic rings. The maximum absolute atomic E-state index is 5.59. The highest BCUT2D eigenvalue weighted by Crippen LogP contribution is 2.19. The fourth-order valence-electron chi connectivity index (χ4n) is 1.78. The van der Waals surface area contributed by atoms with E-state index >= 15 is 0 Å². The van der Waals surface area contributed by atoms with Crippen LogP contribution in [-0.2, 0) is 6.54 Å². The summed E-state index contributed by atoms with van der Waals surface area (Å²) in [6.07, 6.45) is 1.48. The minimum atomic E-state index is 0.145. The SMILES string of the molecule is COc1cc(NC(C)c2ccc(CN)cc2)ncn1. The summed E-state index contributed by atoms with van der Waals surface area (Å²) in [7, 11) is 1.58. The molecule has 0 radical (unpaired) electrons. The van der Waals surface area contributed by atoms with E-state index in [4.69, 9.17) is 10.5 Å². The summed E-state index contributed by atoms with van der Waals surface area (Å²) in [5.41, 5.74) is 7.89. The lowest BCUT2D eigenvalue weighted by Gasteiger charge is -2.15. The minimum absolute atomic E-state index is 0.145. The summed E-state index contributed by atoms with van der Waals surface area (Å²) < 4.78 is 5.07. The fourth-order valence-corrected chi connectivity index (χ4v) is 1.78. The molecule has 19 heavy (non-hydrogen) atoms. The highest BCUT2D eigenvalue weighted by atomic mass is 16.5. The zero-order valence-electron chi connectivity index (χ0n) is 11.1. The van der Waals surface area contributed by atoms with Crippen LogP contribution >= 0.6 is 0 Å². The van der Waals surface area contributed by atoms with Gasteiger partial charge in [-0.25, -0.2) is 9.97 Å². The third-order valence-electron chi connectivity index (χ3n) is 2.93. The van der Waals surface area contributed by atoms with Crippen molar-refractivity contribution in [3.8, 4) is 5.88 Å². The summed E-state index contributed by atoms with van der Waals surface area (Å²) >= 11 is 0. The summed E-state index contributed by atoms with van der Waals surface area (Å²) in [5, 5.41) is 3.31. The number of methoxy groups -OCH3 is 1. The van der Waals surface area contributed by atoms with Gasteiger partial charge in [0.25, 0.3) is 0 Å². The van der Waals surface area contributed by atoms with E-state index in [0.717, 1.165) is 11.4 Å². The zero-order chi connectivity index (χ0) is 13.7. The van der Waals surface area contributed by atoms with Gasteiger partial charge in [-0.05, 0) is 18.1 Å². The van der Waals surface area contributed by atoms with Crippen LogP contribution in [0.1, 0.15) is 24.1 Å². The van der Waals surface area contributed by atoms with Crippen molar-refractivity contribution in [3.63, 3.8) is 0 Å². The van der Waals surface area contributed by atoms with Gasteiger partial charge < -0.3 is 15.8 Å². The molecule has 5 nitrogen and oxygen atoms in total. The molecular formula is C14H18N4O. The van der Waals surface area contributed by atoms with Crippen LogP contribution < -0.4 is 15.8 Å². The molecule has 0 aliphatic carbocycles. The van der Waals surface area contributed by atoms with E-state index in [1.165, 1.54) is 11.9 Å². The van der Waals surface area contributed by atoms with E-state index in [0.29, 0.717) is 12.4 Å². The van der Waals surface area contributed by atoms with Crippen molar-refractivity contribution >= 4 is 5.82 Å². The standard InChI is InChI=1S/C14H18N4O/c1-10(12-5-3-11(8-15)4-6-12)18-13-7-14(19-2)17-9-16-13/h3-7,9-10H,8,15H2,1-2H3,(H,16,17,18). The van der Waals surface area contributed by atoms with Crippen LogP contribution in [0.5, 0.6) is 5.88 Å². The fraction of sp³-hybridized carbons (Fsp3) is 0.286. The molecule has 0 saturated heterocycles. The van der Waals surface area contributed by atoms with Crippen molar-refractivity contribution in [1.29, 1.82) is 0 Å². The molecule has 0 aliphatic heterocycles. The van der Waals surface area contributed by atoms with Crippen molar-refractivity contribution in [1.82, 2.24) is 9.97 Å². The summed E-state index contributed by atoms with van der Waals surface area (Å²) in [4.78, 5) is 8.14. The molecule has 3 N–H and O–H groups in total. The van der Waals surface area contributed by atoms with E-state index in [1.54, 1.807) is 13.2 Å². The Balaban J connectivity index is 2.08. The number of nitrogens with one attached hydrogen (secondary N) is 1. The number of aromatic nitrogens is 2. The Morgan fingerprint density at radius 3 is 2.63 bits per heavy atom. The first-order valence-corrected chi connectivity index (χ1v) is 6.14. The van der Waals surface area contributed by atoms with E-state index in [1.807, 2.05) is 12.1 Å². The van der Waals surface area contributed by atoms with Crippen LogP contribution in [-0.4, -0.2) is 17.1 Å². The topological polar surface area (TPSA) is 73.1 Å². The number of benzene rings is 1. The van der Waals surface area contributed by atoms with Crippen molar-refractivity contribution in [2.24, 2.45) is 5.73 Å². The maximum Gasteiger partial charge on any atom is 0.218 e. The minimum Gasteiger partial charge on any atom is -0.481 e. The average molecular weight is 258 g/mol. The van der Waals surface area contributed by atoms with Gasteiger partial charge in [0.05, 0.1) is 7.11 Å². The Morgan fingerprint density at radius 1 is 1.26 bits per heavy atom. The Morgan fingerprint density at radius 2 is 2.00 bits per heavy atom. The van der Waals surface area contributed by atoms with Crippen molar-refractivity contribution in [2.75, 3.05) is 12.4 Å². The molecule has 1 heterocycles. The van der Waals surface area contributed by atoms with Crippen LogP contribution in [0.4, 0.5) is 5.82 Å². The zero-order valence-corrected chi connectivity index (χ0v) is 11.1. The monoisotopic (exact) mass is 258 g/mol. The number of nitrogens with zero attached hydrogens (tertiary/aromatic N) is 2. The van der Waals surface area contributed by atoms with Gasteiger partial charge in [0.15, 0.2) is 0 Å². The predicted molar refractivity (Wildman–Crippen MR) is 75.0 cm³/mol. The molecule has 1 unspecified atom stereocenters. The summed E-state index contributed by atoms with van der Waals surface area (Å²) in [6.45, 7) is 2.64. The van der Waals surface area contributed by atoms with E-state index in [-0.39, 0.29) is 6.04 Å². The largest absolute Gasteiger partial charge is 0.481 e. The highest BCUT2D eigenvalue weighted by Gasteiger charge is 2.07. The lowest BCUT2D eigenvalue weighted by atomic mass is 10.1. The molecule has 0 spiro atoms.